The van der Waals surface area contributed by atoms with E-state index in [-0.39, 0.29) is 12.6 Å². The fourth-order valence-electron chi connectivity index (χ4n) is 1.87. The smallest absolute Gasteiger partial charge is 0.315 e. The maximum absolute atomic E-state index is 11.1. The van der Waals surface area contributed by atoms with Crippen LogP contribution in [-0.4, -0.2) is 50.4 Å². The van der Waals surface area contributed by atoms with Gasteiger partial charge in [0.1, 0.15) is 6.29 Å². The first kappa shape index (κ1) is 12.0. The van der Waals surface area contributed by atoms with E-state index in [0.29, 0.717) is 18.7 Å². The van der Waals surface area contributed by atoms with Crippen molar-refractivity contribution in [3.05, 3.63) is 0 Å². The predicted molar refractivity (Wildman–Crippen MR) is 57.7 cm³/mol. The number of likely N-dealkylation sites (tertiary alicyclic amines) is 1. The number of carbonyl (C=O) groups excluding carboxylic acids is 2. The van der Waals surface area contributed by atoms with Gasteiger partial charge in [0, 0.05) is 13.1 Å². The van der Waals surface area contributed by atoms with Crippen molar-refractivity contribution in [1.29, 1.82) is 0 Å². The highest BCUT2D eigenvalue weighted by Crippen LogP contribution is 2.13. The quantitative estimate of drug-likeness (QED) is 0.637. The van der Waals surface area contributed by atoms with Gasteiger partial charge >= 0.3 is 6.03 Å². The molecular weight excluding hydrogens is 194 g/mol. The molecule has 1 rings (SSSR count). The molecule has 2 amide bonds. The summed E-state index contributed by atoms with van der Waals surface area (Å²) in [4.78, 5) is 23.4. The Morgan fingerprint density at radius 2 is 2.33 bits per heavy atom. The molecule has 5 heteroatoms. The predicted octanol–water partition coefficient (Wildman–Crippen LogP) is -0.174. The van der Waals surface area contributed by atoms with Crippen LogP contribution in [-0.2, 0) is 4.79 Å². The lowest BCUT2D eigenvalue weighted by atomic mass is 9.99. The first-order chi connectivity index (χ1) is 7.22. The van der Waals surface area contributed by atoms with Crippen LogP contribution >= 0.6 is 0 Å². The third-order valence-electron chi connectivity index (χ3n) is 2.62. The molecule has 86 valence electrons. The van der Waals surface area contributed by atoms with Crippen molar-refractivity contribution >= 4 is 12.3 Å². The number of hydrogen-bond acceptors (Lipinski definition) is 3. The van der Waals surface area contributed by atoms with Crippen molar-refractivity contribution in [3.8, 4) is 0 Å². The number of rotatable bonds is 4. The minimum Gasteiger partial charge on any atom is -0.338 e. The van der Waals surface area contributed by atoms with Crippen LogP contribution in [0.15, 0.2) is 0 Å². The lowest BCUT2D eigenvalue weighted by Crippen LogP contribution is -2.43. The SMILES string of the molecule is CN1CCCC(CNC(=O)NCC=O)C1. The Kier molecular flexibility index (Phi) is 5.10. The van der Waals surface area contributed by atoms with Crippen molar-refractivity contribution in [2.24, 2.45) is 5.92 Å². The fraction of sp³-hybridized carbons (Fsp3) is 0.800. The van der Waals surface area contributed by atoms with Crippen LogP contribution in [0.1, 0.15) is 12.8 Å². The molecule has 0 bridgehead atoms. The molecule has 1 atom stereocenters. The Morgan fingerprint density at radius 3 is 3.00 bits per heavy atom. The topological polar surface area (TPSA) is 61.4 Å². The third kappa shape index (κ3) is 4.78. The first-order valence-electron chi connectivity index (χ1n) is 5.36. The number of piperidine rings is 1. The molecule has 1 aliphatic rings. The van der Waals surface area contributed by atoms with Crippen molar-refractivity contribution in [3.63, 3.8) is 0 Å². The summed E-state index contributed by atoms with van der Waals surface area (Å²) in [6.45, 7) is 2.95. The molecule has 15 heavy (non-hydrogen) atoms. The summed E-state index contributed by atoms with van der Waals surface area (Å²) < 4.78 is 0. The van der Waals surface area contributed by atoms with Crippen LogP contribution in [0.5, 0.6) is 0 Å². The molecule has 1 unspecified atom stereocenters. The number of carbonyl (C=O) groups is 2. The van der Waals surface area contributed by atoms with E-state index in [1.54, 1.807) is 0 Å². The van der Waals surface area contributed by atoms with Gasteiger partial charge in [0.05, 0.1) is 6.54 Å². The van der Waals surface area contributed by atoms with E-state index in [2.05, 4.69) is 22.6 Å². The Morgan fingerprint density at radius 1 is 1.53 bits per heavy atom. The molecule has 5 nitrogen and oxygen atoms in total. The second-order valence-corrected chi connectivity index (χ2v) is 4.03. The Bertz CT molecular complexity index is 221. The summed E-state index contributed by atoms with van der Waals surface area (Å²) >= 11 is 0. The molecule has 0 aromatic carbocycles. The molecule has 0 spiro atoms. The average Bonchev–Trinajstić information content (AvgIpc) is 2.23. The largest absolute Gasteiger partial charge is 0.338 e. The van der Waals surface area contributed by atoms with E-state index >= 15 is 0 Å². The van der Waals surface area contributed by atoms with Crippen molar-refractivity contribution in [1.82, 2.24) is 15.5 Å². The highest BCUT2D eigenvalue weighted by molar-refractivity contribution is 5.76. The summed E-state index contributed by atoms with van der Waals surface area (Å²) in [6.07, 6.45) is 3.03. The van der Waals surface area contributed by atoms with E-state index in [1.807, 2.05) is 0 Å². The Hall–Kier alpha value is -1.10. The normalized spacial score (nSPS) is 22.1. The van der Waals surface area contributed by atoms with Crippen LogP contribution in [0.4, 0.5) is 4.79 Å². The summed E-state index contributed by atoms with van der Waals surface area (Å²) in [7, 11) is 2.10. The summed E-state index contributed by atoms with van der Waals surface area (Å²) in [6, 6.07) is -0.254. The number of nitrogens with one attached hydrogen (secondary N) is 2. The number of nitrogens with zero attached hydrogens (tertiary/aromatic N) is 1. The highest BCUT2D eigenvalue weighted by Gasteiger charge is 2.17. The summed E-state index contributed by atoms with van der Waals surface area (Å²) in [5, 5.41) is 5.22. The van der Waals surface area contributed by atoms with Gasteiger partial charge in [0.15, 0.2) is 0 Å². The van der Waals surface area contributed by atoms with Crippen LogP contribution in [0.25, 0.3) is 0 Å². The monoisotopic (exact) mass is 213 g/mol. The molecular formula is C10H19N3O2. The molecule has 1 fully saturated rings. The van der Waals surface area contributed by atoms with Crippen LogP contribution < -0.4 is 10.6 Å². The number of aldehydes is 1. The number of hydrogen-bond donors (Lipinski definition) is 2. The second-order valence-electron chi connectivity index (χ2n) is 4.03. The van der Waals surface area contributed by atoms with Crippen molar-refractivity contribution in [2.75, 3.05) is 33.2 Å². The lowest BCUT2D eigenvalue weighted by Gasteiger charge is -2.29. The van der Waals surface area contributed by atoms with Gasteiger partial charge in [0.2, 0.25) is 0 Å². The van der Waals surface area contributed by atoms with Crippen molar-refractivity contribution in [2.45, 2.75) is 12.8 Å². The van der Waals surface area contributed by atoms with Gasteiger partial charge in [-0.3, -0.25) is 0 Å². The summed E-state index contributed by atoms with van der Waals surface area (Å²) in [5.41, 5.74) is 0. The number of amides is 2. The molecule has 0 aromatic rings. The highest BCUT2D eigenvalue weighted by atomic mass is 16.2. The second kappa shape index (κ2) is 6.40. The molecule has 1 heterocycles. The van der Waals surface area contributed by atoms with Gasteiger partial charge in [-0.1, -0.05) is 0 Å². The van der Waals surface area contributed by atoms with E-state index in [1.165, 1.54) is 6.42 Å². The molecule has 0 aliphatic carbocycles. The maximum atomic E-state index is 11.1. The summed E-state index contributed by atoms with van der Waals surface area (Å²) in [5.74, 6) is 0.533. The zero-order valence-electron chi connectivity index (χ0n) is 9.16. The van der Waals surface area contributed by atoms with Gasteiger partial charge in [0.25, 0.3) is 0 Å². The molecule has 1 aliphatic heterocycles. The van der Waals surface area contributed by atoms with E-state index in [0.717, 1.165) is 19.5 Å². The van der Waals surface area contributed by atoms with Crippen LogP contribution in [0.3, 0.4) is 0 Å². The van der Waals surface area contributed by atoms with Gasteiger partial charge in [-0.25, -0.2) is 4.79 Å². The van der Waals surface area contributed by atoms with Gasteiger partial charge in [-0.2, -0.15) is 0 Å². The molecule has 0 aromatic heterocycles. The molecule has 2 N–H and O–H groups in total. The van der Waals surface area contributed by atoms with Gasteiger partial charge in [-0.15, -0.1) is 0 Å². The standard InChI is InChI=1S/C10H19N3O2/c1-13-5-2-3-9(8-13)7-12-10(15)11-4-6-14/h6,9H,2-5,7-8H2,1H3,(H2,11,12,15). The number of urea groups is 1. The third-order valence-corrected chi connectivity index (χ3v) is 2.62. The maximum Gasteiger partial charge on any atom is 0.315 e. The average molecular weight is 213 g/mol. The fourth-order valence-corrected chi connectivity index (χ4v) is 1.87. The van der Waals surface area contributed by atoms with Crippen LogP contribution in [0.2, 0.25) is 0 Å². The van der Waals surface area contributed by atoms with Gasteiger partial charge in [-0.05, 0) is 32.4 Å². The zero-order valence-corrected chi connectivity index (χ0v) is 9.16. The molecule has 1 saturated heterocycles. The Balaban J connectivity index is 2.12. The van der Waals surface area contributed by atoms with Crippen molar-refractivity contribution < 1.29 is 9.59 Å². The minimum atomic E-state index is -0.254. The zero-order chi connectivity index (χ0) is 11.1. The first-order valence-corrected chi connectivity index (χ1v) is 5.36. The van der Waals surface area contributed by atoms with E-state index in [4.69, 9.17) is 0 Å². The van der Waals surface area contributed by atoms with Gasteiger partial charge < -0.3 is 20.3 Å². The molecule has 0 radical (unpaired) electrons. The van der Waals surface area contributed by atoms with E-state index < -0.39 is 0 Å². The van der Waals surface area contributed by atoms with Crippen LogP contribution in [0, 0.1) is 5.92 Å². The molecule has 0 saturated carbocycles. The lowest BCUT2D eigenvalue weighted by molar-refractivity contribution is -0.107. The van der Waals surface area contributed by atoms with E-state index in [9.17, 15) is 9.59 Å². The Labute approximate surface area is 90.2 Å². The minimum absolute atomic E-state index is 0.0798.